The molecular formula is C17H12N2O3. The lowest BCUT2D eigenvalue weighted by Crippen LogP contribution is -2.04. The van der Waals surface area contributed by atoms with Crippen molar-refractivity contribution in [2.24, 2.45) is 0 Å². The van der Waals surface area contributed by atoms with Gasteiger partial charge >= 0.3 is 5.97 Å². The molecule has 0 aliphatic rings. The number of aromatic carboxylic acids is 1. The molecule has 2 aromatic carbocycles. The number of benzene rings is 2. The predicted molar refractivity (Wildman–Crippen MR) is 82.0 cm³/mol. The van der Waals surface area contributed by atoms with Crippen LogP contribution in [-0.2, 0) is 6.54 Å². The molecule has 5 heteroatoms. The van der Waals surface area contributed by atoms with Crippen LogP contribution in [0.25, 0.3) is 22.0 Å². The van der Waals surface area contributed by atoms with Gasteiger partial charge < -0.3 is 14.1 Å². The van der Waals surface area contributed by atoms with Crippen molar-refractivity contribution in [3.05, 3.63) is 66.2 Å². The fourth-order valence-electron chi connectivity index (χ4n) is 2.70. The van der Waals surface area contributed by atoms with E-state index in [1.165, 1.54) is 0 Å². The first-order valence-electron chi connectivity index (χ1n) is 6.88. The van der Waals surface area contributed by atoms with Crippen molar-refractivity contribution in [2.75, 3.05) is 0 Å². The van der Waals surface area contributed by atoms with Crippen LogP contribution in [0.2, 0.25) is 0 Å². The van der Waals surface area contributed by atoms with Crippen molar-refractivity contribution in [3.63, 3.8) is 0 Å². The quantitative estimate of drug-likeness (QED) is 0.627. The Kier molecular flexibility index (Phi) is 2.72. The SMILES string of the molecule is O=C(O)c1cccc2ccn(Cc3nc4ccccc4o3)c12. The van der Waals surface area contributed by atoms with Gasteiger partial charge in [0.05, 0.1) is 17.6 Å². The van der Waals surface area contributed by atoms with E-state index in [2.05, 4.69) is 4.98 Å². The highest BCUT2D eigenvalue weighted by Gasteiger charge is 2.14. The number of fused-ring (bicyclic) bond motifs is 2. The Morgan fingerprint density at radius 3 is 2.82 bits per heavy atom. The third kappa shape index (κ3) is 1.95. The molecule has 2 aromatic heterocycles. The zero-order chi connectivity index (χ0) is 15.1. The first-order chi connectivity index (χ1) is 10.7. The van der Waals surface area contributed by atoms with E-state index in [0.29, 0.717) is 18.0 Å². The number of carbonyl (C=O) groups is 1. The average molecular weight is 292 g/mol. The summed E-state index contributed by atoms with van der Waals surface area (Å²) in [6, 6.07) is 14.7. The van der Waals surface area contributed by atoms with E-state index in [0.717, 1.165) is 16.5 Å². The van der Waals surface area contributed by atoms with Gasteiger partial charge in [-0.05, 0) is 24.3 Å². The van der Waals surface area contributed by atoms with Crippen LogP contribution in [0.1, 0.15) is 16.2 Å². The lowest BCUT2D eigenvalue weighted by Gasteiger charge is -2.05. The maximum absolute atomic E-state index is 11.4. The van der Waals surface area contributed by atoms with Crippen LogP contribution in [0.4, 0.5) is 0 Å². The normalized spacial score (nSPS) is 11.3. The monoisotopic (exact) mass is 292 g/mol. The van der Waals surface area contributed by atoms with Crippen LogP contribution in [0.5, 0.6) is 0 Å². The van der Waals surface area contributed by atoms with Crippen molar-refractivity contribution < 1.29 is 14.3 Å². The fraction of sp³-hybridized carbons (Fsp3) is 0.0588. The molecular weight excluding hydrogens is 280 g/mol. The molecule has 0 radical (unpaired) electrons. The van der Waals surface area contributed by atoms with Gasteiger partial charge in [-0.2, -0.15) is 0 Å². The molecule has 0 amide bonds. The van der Waals surface area contributed by atoms with E-state index in [9.17, 15) is 9.90 Å². The maximum atomic E-state index is 11.4. The smallest absolute Gasteiger partial charge is 0.337 e. The summed E-state index contributed by atoms with van der Waals surface area (Å²) in [7, 11) is 0. The van der Waals surface area contributed by atoms with Gasteiger partial charge in [0.25, 0.3) is 0 Å². The molecule has 0 saturated heterocycles. The molecule has 0 unspecified atom stereocenters. The Labute approximate surface area is 125 Å². The van der Waals surface area contributed by atoms with Gasteiger partial charge in [-0.15, -0.1) is 0 Å². The minimum atomic E-state index is -0.942. The Morgan fingerprint density at radius 2 is 2.00 bits per heavy atom. The van der Waals surface area contributed by atoms with Crippen LogP contribution in [-0.4, -0.2) is 20.6 Å². The van der Waals surface area contributed by atoms with Crippen molar-refractivity contribution in [1.29, 1.82) is 0 Å². The molecule has 0 spiro atoms. The van der Waals surface area contributed by atoms with Crippen LogP contribution < -0.4 is 0 Å². The first-order valence-corrected chi connectivity index (χ1v) is 6.88. The highest BCUT2D eigenvalue weighted by Crippen LogP contribution is 2.22. The predicted octanol–water partition coefficient (Wildman–Crippen LogP) is 3.53. The van der Waals surface area contributed by atoms with Crippen LogP contribution in [0, 0.1) is 0 Å². The lowest BCUT2D eigenvalue weighted by molar-refractivity contribution is 0.0698. The molecule has 2 heterocycles. The molecule has 5 nitrogen and oxygen atoms in total. The van der Waals surface area contributed by atoms with Gasteiger partial charge in [0, 0.05) is 11.6 Å². The Hall–Kier alpha value is -3.08. The number of carboxylic acids is 1. The van der Waals surface area contributed by atoms with Crippen LogP contribution in [0.15, 0.2) is 59.1 Å². The number of carboxylic acid groups (broad SMARTS) is 1. The van der Waals surface area contributed by atoms with E-state index in [1.807, 2.05) is 47.2 Å². The number of aromatic nitrogens is 2. The molecule has 4 aromatic rings. The molecule has 0 atom stereocenters. The van der Waals surface area contributed by atoms with Gasteiger partial charge in [-0.3, -0.25) is 0 Å². The third-order valence-electron chi connectivity index (χ3n) is 3.66. The second kappa shape index (κ2) is 4.73. The number of para-hydroxylation sites is 3. The number of hydrogen-bond acceptors (Lipinski definition) is 3. The summed E-state index contributed by atoms with van der Waals surface area (Å²) >= 11 is 0. The van der Waals surface area contributed by atoms with E-state index < -0.39 is 5.97 Å². The molecule has 108 valence electrons. The van der Waals surface area contributed by atoms with Crippen molar-refractivity contribution >= 4 is 28.0 Å². The van der Waals surface area contributed by atoms with Gasteiger partial charge in [0.15, 0.2) is 5.58 Å². The molecule has 1 N–H and O–H groups in total. The number of rotatable bonds is 3. The van der Waals surface area contributed by atoms with E-state index in [-0.39, 0.29) is 5.56 Å². The summed E-state index contributed by atoms with van der Waals surface area (Å²) in [5.41, 5.74) is 2.48. The molecule has 4 rings (SSSR count). The molecule has 0 saturated carbocycles. The minimum Gasteiger partial charge on any atom is -0.478 e. The molecule has 0 aliphatic heterocycles. The third-order valence-corrected chi connectivity index (χ3v) is 3.66. The van der Waals surface area contributed by atoms with Crippen molar-refractivity contribution in [1.82, 2.24) is 9.55 Å². The summed E-state index contributed by atoms with van der Waals surface area (Å²) in [5.74, 6) is -0.387. The van der Waals surface area contributed by atoms with Crippen molar-refractivity contribution in [2.45, 2.75) is 6.54 Å². The standard InChI is InChI=1S/C17H12N2O3/c20-17(21)12-5-3-4-11-8-9-19(16(11)12)10-15-18-13-6-1-2-7-14(13)22-15/h1-9H,10H2,(H,20,21). The second-order valence-corrected chi connectivity index (χ2v) is 5.07. The number of hydrogen-bond donors (Lipinski definition) is 1. The van der Waals surface area contributed by atoms with E-state index in [4.69, 9.17) is 4.42 Å². The maximum Gasteiger partial charge on any atom is 0.337 e. The summed E-state index contributed by atoms with van der Waals surface area (Å²) in [5, 5.41) is 10.2. The number of oxazole rings is 1. The van der Waals surface area contributed by atoms with Gasteiger partial charge in [0.1, 0.15) is 5.52 Å². The molecule has 0 fully saturated rings. The lowest BCUT2D eigenvalue weighted by atomic mass is 10.1. The zero-order valence-corrected chi connectivity index (χ0v) is 11.6. The van der Waals surface area contributed by atoms with Gasteiger partial charge in [-0.25, -0.2) is 9.78 Å². The summed E-state index contributed by atoms with van der Waals surface area (Å²) < 4.78 is 7.56. The van der Waals surface area contributed by atoms with E-state index in [1.54, 1.807) is 12.1 Å². The Balaban J connectivity index is 1.82. The average Bonchev–Trinajstić information content (AvgIpc) is 3.11. The summed E-state index contributed by atoms with van der Waals surface area (Å²) in [6.07, 6.45) is 1.85. The summed E-state index contributed by atoms with van der Waals surface area (Å²) in [4.78, 5) is 15.8. The number of nitrogens with zero attached hydrogens (tertiary/aromatic N) is 2. The Morgan fingerprint density at radius 1 is 1.14 bits per heavy atom. The topological polar surface area (TPSA) is 68.3 Å². The first kappa shape index (κ1) is 12.6. The van der Waals surface area contributed by atoms with Crippen LogP contribution in [0.3, 0.4) is 0 Å². The van der Waals surface area contributed by atoms with Crippen molar-refractivity contribution in [3.8, 4) is 0 Å². The van der Waals surface area contributed by atoms with E-state index >= 15 is 0 Å². The molecule has 22 heavy (non-hydrogen) atoms. The molecule has 0 aliphatic carbocycles. The van der Waals surface area contributed by atoms with Crippen LogP contribution >= 0.6 is 0 Å². The second-order valence-electron chi connectivity index (χ2n) is 5.07. The summed E-state index contributed by atoms with van der Waals surface area (Å²) in [6.45, 7) is 0.391. The largest absolute Gasteiger partial charge is 0.478 e. The fourth-order valence-corrected chi connectivity index (χ4v) is 2.70. The van der Waals surface area contributed by atoms with Gasteiger partial charge in [0.2, 0.25) is 5.89 Å². The molecule has 0 bridgehead atoms. The minimum absolute atomic E-state index is 0.276. The van der Waals surface area contributed by atoms with Gasteiger partial charge in [-0.1, -0.05) is 24.3 Å². The highest BCUT2D eigenvalue weighted by atomic mass is 16.4. The zero-order valence-electron chi connectivity index (χ0n) is 11.6. The highest BCUT2D eigenvalue weighted by molar-refractivity contribution is 6.02. The Bertz CT molecular complexity index is 964.